The van der Waals surface area contributed by atoms with E-state index in [1.165, 1.54) is 19.2 Å². The van der Waals surface area contributed by atoms with Crippen LogP contribution in [-0.4, -0.2) is 47.6 Å². The molecule has 2 atom stereocenters. The van der Waals surface area contributed by atoms with E-state index in [9.17, 15) is 8.78 Å². The lowest BCUT2D eigenvalue weighted by Gasteiger charge is -2.22. The Labute approximate surface area is 207 Å². The number of alkyl halides is 2. The molecule has 3 aromatic rings. The molecule has 1 aliphatic carbocycles. The van der Waals surface area contributed by atoms with Crippen molar-refractivity contribution in [3.05, 3.63) is 53.1 Å². The topological polar surface area (TPSA) is 85.7 Å². The Bertz CT molecular complexity index is 1240. The summed E-state index contributed by atoms with van der Waals surface area (Å²) < 4.78 is 60.4. The third-order valence-electron chi connectivity index (χ3n) is 5.95. The second-order valence-corrected chi connectivity index (χ2v) is 9.04. The number of ether oxygens (including phenoxy) is 3. The van der Waals surface area contributed by atoms with Crippen molar-refractivity contribution in [1.29, 1.82) is 0 Å². The van der Waals surface area contributed by atoms with Gasteiger partial charge in [-0.2, -0.15) is 8.78 Å². The predicted molar refractivity (Wildman–Crippen MR) is 129 cm³/mol. The van der Waals surface area contributed by atoms with Crippen molar-refractivity contribution in [3.8, 4) is 11.5 Å². The number of nitrogens with one attached hydrogen (secondary N) is 1. The van der Waals surface area contributed by atoms with Gasteiger partial charge in [0.05, 0.1) is 36.9 Å². The molecule has 7 nitrogen and oxygen atoms in total. The molecule has 36 heavy (non-hydrogen) atoms. The predicted octanol–water partition coefficient (Wildman–Crippen LogP) is 5.29. The molecule has 0 spiro atoms. The Morgan fingerprint density at radius 3 is 2.58 bits per heavy atom. The normalized spacial score (nSPS) is 15.6. The number of hydrogen-bond acceptors (Lipinski definition) is 7. The Morgan fingerprint density at radius 2 is 1.92 bits per heavy atom. The van der Waals surface area contributed by atoms with E-state index in [1.54, 1.807) is 26.0 Å². The van der Waals surface area contributed by atoms with E-state index in [2.05, 4.69) is 15.3 Å². The van der Waals surface area contributed by atoms with Gasteiger partial charge in [0.2, 0.25) is 0 Å². The third-order valence-corrected chi connectivity index (χ3v) is 5.95. The lowest BCUT2D eigenvalue weighted by molar-refractivity contribution is -0.0583. The molecule has 2 aromatic carbocycles. The number of halogens is 3. The molecule has 1 saturated carbocycles. The number of aliphatic hydroxyl groups is 1. The zero-order valence-corrected chi connectivity index (χ0v) is 20.6. The number of benzene rings is 2. The summed E-state index contributed by atoms with van der Waals surface area (Å²) in [6, 6.07) is 6.46. The van der Waals surface area contributed by atoms with Gasteiger partial charge in [-0.3, -0.25) is 0 Å². The summed E-state index contributed by atoms with van der Waals surface area (Å²) in [5.41, 5.74) is -0.270. The Balaban J connectivity index is 1.66. The second kappa shape index (κ2) is 10.5. The third kappa shape index (κ3) is 5.65. The van der Waals surface area contributed by atoms with Gasteiger partial charge in [0.15, 0.2) is 11.5 Å². The van der Waals surface area contributed by atoms with E-state index < -0.39 is 30.0 Å². The molecule has 0 amide bonds. The number of aryl methyl sites for hydroxylation is 1. The summed E-state index contributed by atoms with van der Waals surface area (Å²) in [5.74, 6) is -2.97. The fourth-order valence-electron chi connectivity index (χ4n) is 3.91. The summed E-state index contributed by atoms with van der Waals surface area (Å²) in [7, 11) is 1.53. The first-order valence-electron chi connectivity index (χ1n) is 11.8. The molecule has 0 bridgehead atoms. The Hall–Kier alpha value is -3.11. The molecule has 0 saturated heterocycles. The van der Waals surface area contributed by atoms with Crippen molar-refractivity contribution in [2.45, 2.75) is 57.8 Å². The van der Waals surface area contributed by atoms with Crippen LogP contribution < -0.4 is 14.8 Å². The quantitative estimate of drug-likeness (QED) is 0.366. The number of methoxy groups -OCH3 is 1. The highest BCUT2D eigenvalue weighted by molar-refractivity contribution is 5.92. The number of nitrogens with zero attached hydrogens (tertiary/aromatic N) is 2. The molecule has 4 rings (SSSR count). The average molecular weight is 506 g/mol. The fourth-order valence-corrected chi connectivity index (χ4v) is 3.91. The molecule has 0 aliphatic heterocycles. The molecule has 10 heteroatoms. The van der Waals surface area contributed by atoms with Gasteiger partial charge >= 0.3 is 0 Å². The molecule has 1 aliphatic rings. The van der Waals surface area contributed by atoms with Gasteiger partial charge in [-0.15, -0.1) is 0 Å². The minimum atomic E-state index is -3.69. The second-order valence-electron chi connectivity index (χ2n) is 9.04. The summed E-state index contributed by atoms with van der Waals surface area (Å²) in [5, 5.41) is 12.7. The van der Waals surface area contributed by atoms with Crippen LogP contribution in [0.2, 0.25) is 0 Å². The molecule has 1 fully saturated rings. The monoisotopic (exact) mass is 505 g/mol. The van der Waals surface area contributed by atoms with Gasteiger partial charge in [0, 0.05) is 17.0 Å². The first-order valence-corrected chi connectivity index (χ1v) is 11.8. The summed E-state index contributed by atoms with van der Waals surface area (Å²) in [4.78, 5) is 8.95. The zero-order chi connectivity index (χ0) is 26.0. The minimum Gasteiger partial charge on any atom is -0.493 e. The number of hydrogen-bond donors (Lipinski definition) is 2. The first kappa shape index (κ1) is 26.0. The fraction of sp³-hybridized carbons (Fsp3) is 0.462. The van der Waals surface area contributed by atoms with E-state index in [0.717, 1.165) is 18.9 Å². The lowest BCUT2D eigenvalue weighted by atomic mass is 10.00. The van der Waals surface area contributed by atoms with Crippen LogP contribution in [0.1, 0.15) is 49.7 Å². The Kier molecular flexibility index (Phi) is 7.56. The van der Waals surface area contributed by atoms with Crippen LogP contribution >= 0.6 is 0 Å². The maximum atomic E-state index is 15.0. The Morgan fingerprint density at radius 1 is 1.17 bits per heavy atom. The highest BCUT2D eigenvalue weighted by Crippen LogP contribution is 2.37. The van der Waals surface area contributed by atoms with E-state index in [1.807, 2.05) is 6.92 Å². The first-order chi connectivity index (χ1) is 17.1. The molecule has 194 valence electrons. The van der Waals surface area contributed by atoms with Crippen LogP contribution in [0.15, 0.2) is 30.3 Å². The summed E-state index contributed by atoms with van der Waals surface area (Å²) in [6.45, 7) is 4.20. The number of anilines is 1. The standard InChI is InChI=1S/C26H30F3N3O4/c1-14(12-35-17-8-9-17)36-23-10-19-21(11-22(23)34-4)31-16(3)32-25(19)30-15(2)18-6-5-7-20(24(18)27)26(28,29)13-33/h5-7,10-11,14-15,17,33H,8-9,12-13H2,1-4H3,(H,30,31,32)/t14-,15+/m0/s1. The van der Waals surface area contributed by atoms with Crippen LogP contribution in [0.5, 0.6) is 11.5 Å². The SMILES string of the molecule is COc1cc2nc(C)nc(N[C@H](C)c3cccc(C(F)(F)CO)c3F)c2cc1O[C@@H](C)COC1CC1. The number of fused-ring (bicyclic) bond motifs is 1. The average Bonchev–Trinajstić information content (AvgIpc) is 3.67. The molecule has 1 aromatic heterocycles. The molecular formula is C26H30F3N3O4. The van der Waals surface area contributed by atoms with Crippen molar-refractivity contribution >= 4 is 16.7 Å². The van der Waals surface area contributed by atoms with Crippen molar-refractivity contribution in [2.75, 3.05) is 25.6 Å². The van der Waals surface area contributed by atoms with E-state index in [4.69, 9.17) is 19.3 Å². The van der Waals surface area contributed by atoms with Crippen LogP contribution in [0.4, 0.5) is 19.0 Å². The molecule has 0 unspecified atom stereocenters. The van der Waals surface area contributed by atoms with Gasteiger partial charge in [0.25, 0.3) is 5.92 Å². The largest absolute Gasteiger partial charge is 0.493 e. The van der Waals surface area contributed by atoms with Crippen LogP contribution in [-0.2, 0) is 10.7 Å². The van der Waals surface area contributed by atoms with Crippen molar-refractivity contribution in [2.24, 2.45) is 0 Å². The number of aliphatic hydroxyl groups excluding tert-OH is 1. The smallest absolute Gasteiger partial charge is 0.298 e. The highest BCUT2D eigenvalue weighted by atomic mass is 19.3. The molecule has 0 radical (unpaired) electrons. The highest BCUT2D eigenvalue weighted by Gasteiger charge is 2.35. The number of aromatic nitrogens is 2. The van der Waals surface area contributed by atoms with Crippen molar-refractivity contribution in [3.63, 3.8) is 0 Å². The maximum Gasteiger partial charge on any atom is 0.298 e. The van der Waals surface area contributed by atoms with Crippen molar-refractivity contribution in [1.82, 2.24) is 9.97 Å². The summed E-state index contributed by atoms with van der Waals surface area (Å²) >= 11 is 0. The summed E-state index contributed by atoms with van der Waals surface area (Å²) in [6.07, 6.45) is 2.21. The number of rotatable bonds is 11. The van der Waals surface area contributed by atoms with Crippen molar-refractivity contribution < 1.29 is 32.5 Å². The van der Waals surface area contributed by atoms with Gasteiger partial charge in [-0.1, -0.05) is 12.1 Å². The van der Waals surface area contributed by atoms with Gasteiger partial charge < -0.3 is 24.6 Å². The van der Waals surface area contributed by atoms with Crippen LogP contribution in [0.25, 0.3) is 10.9 Å². The van der Waals surface area contributed by atoms with Gasteiger partial charge in [0.1, 0.15) is 30.2 Å². The zero-order valence-electron chi connectivity index (χ0n) is 20.6. The van der Waals surface area contributed by atoms with E-state index >= 15 is 4.39 Å². The maximum absolute atomic E-state index is 15.0. The van der Waals surface area contributed by atoms with Crippen LogP contribution in [0.3, 0.4) is 0 Å². The molecule has 1 heterocycles. The van der Waals surface area contributed by atoms with Crippen LogP contribution in [0, 0.1) is 12.7 Å². The van der Waals surface area contributed by atoms with E-state index in [0.29, 0.717) is 46.8 Å². The molecular weight excluding hydrogens is 475 g/mol. The van der Waals surface area contributed by atoms with Gasteiger partial charge in [-0.05, 0) is 45.7 Å². The lowest BCUT2D eigenvalue weighted by Crippen LogP contribution is -2.22. The minimum absolute atomic E-state index is 0.0147. The van der Waals surface area contributed by atoms with E-state index in [-0.39, 0.29) is 11.7 Å². The molecule has 2 N–H and O–H groups in total. The van der Waals surface area contributed by atoms with Gasteiger partial charge in [-0.25, -0.2) is 14.4 Å².